The largest absolute Gasteiger partial charge is 0.504 e. The molecule has 0 aliphatic rings. The van der Waals surface area contributed by atoms with E-state index in [1.54, 1.807) is 6.20 Å². The minimum Gasteiger partial charge on any atom is -0.504 e. The maximum absolute atomic E-state index is 13.7. The van der Waals surface area contributed by atoms with E-state index in [0.29, 0.717) is 11.8 Å². The van der Waals surface area contributed by atoms with Gasteiger partial charge in [0, 0.05) is 11.8 Å². The first-order valence-corrected chi connectivity index (χ1v) is 7.41. The summed E-state index contributed by atoms with van der Waals surface area (Å²) < 4.78 is 13.7. The van der Waals surface area contributed by atoms with Crippen molar-refractivity contribution in [3.05, 3.63) is 59.5 Å². The number of carbonyl (C=O) groups is 1. The highest BCUT2D eigenvalue weighted by atomic mass is 32.1. The molecule has 2 aromatic carbocycles. The number of benzene rings is 2. The van der Waals surface area contributed by atoms with E-state index in [1.807, 2.05) is 31.2 Å². The molecule has 1 N–H and O–H groups in total. The fraction of sp³-hybridized carbons (Fsp3) is 0.0588. The normalized spacial score (nSPS) is 10.6. The van der Waals surface area contributed by atoms with Crippen LogP contribution in [0.2, 0.25) is 0 Å². The van der Waals surface area contributed by atoms with Crippen LogP contribution in [0.4, 0.5) is 4.39 Å². The van der Waals surface area contributed by atoms with Gasteiger partial charge in [-0.15, -0.1) is 11.3 Å². The van der Waals surface area contributed by atoms with E-state index in [-0.39, 0.29) is 5.56 Å². The standard InChI is InChI=1S/C17H12FNO2S/c1-10-2-4-11(5-3-10)17-19-8-15(22-17)12-6-13(9-20)16(21)14(18)7-12/h2-9,21H,1H3. The Kier molecular flexibility index (Phi) is 3.73. The Labute approximate surface area is 130 Å². The smallest absolute Gasteiger partial charge is 0.166 e. The molecule has 0 saturated carbocycles. The van der Waals surface area contributed by atoms with Crippen molar-refractivity contribution in [3.63, 3.8) is 0 Å². The lowest BCUT2D eigenvalue weighted by Gasteiger charge is -2.02. The lowest BCUT2D eigenvalue weighted by molar-refractivity contribution is 0.112. The molecule has 1 heterocycles. The van der Waals surface area contributed by atoms with Gasteiger partial charge in [0.15, 0.2) is 17.9 Å². The highest BCUT2D eigenvalue weighted by Gasteiger charge is 2.13. The zero-order valence-electron chi connectivity index (χ0n) is 11.7. The van der Waals surface area contributed by atoms with Crippen LogP contribution >= 0.6 is 11.3 Å². The Bertz CT molecular complexity index is 840. The molecule has 0 bridgehead atoms. The second kappa shape index (κ2) is 5.69. The highest BCUT2D eigenvalue weighted by Crippen LogP contribution is 2.34. The number of phenolic OH excluding ortho intramolecular Hbond substituents is 1. The van der Waals surface area contributed by atoms with Gasteiger partial charge < -0.3 is 5.11 Å². The predicted molar refractivity (Wildman–Crippen MR) is 84.7 cm³/mol. The van der Waals surface area contributed by atoms with Crippen molar-refractivity contribution in [1.29, 1.82) is 0 Å². The average molecular weight is 313 g/mol. The maximum atomic E-state index is 13.7. The summed E-state index contributed by atoms with van der Waals surface area (Å²) in [5.74, 6) is -1.44. The zero-order chi connectivity index (χ0) is 15.7. The number of halogens is 1. The van der Waals surface area contributed by atoms with Gasteiger partial charge in [0.2, 0.25) is 0 Å². The van der Waals surface area contributed by atoms with Gasteiger partial charge in [0.25, 0.3) is 0 Å². The van der Waals surface area contributed by atoms with Crippen LogP contribution in [0.25, 0.3) is 21.0 Å². The number of hydrogen-bond donors (Lipinski definition) is 1. The van der Waals surface area contributed by atoms with Gasteiger partial charge in [-0.2, -0.15) is 0 Å². The summed E-state index contributed by atoms with van der Waals surface area (Å²) in [5.41, 5.74) is 2.60. The number of phenols is 1. The summed E-state index contributed by atoms with van der Waals surface area (Å²) in [5, 5.41) is 10.3. The number of thiazole rings is 1. The Balaban J connectivity index is 2.02. The van der Waals surface area contributed by atoms with Crippen LogP contribution in [-0.2, 0) is 0 Å². The van der Waals surface area contributed by atoms with E-state index in [4.69, 9.17) is 0 Å². The van der Waals surface area contributed by atoms with Gasteiger partial charge in [-0.3, -0.25) is 4.79 Å². The van der Waals surface area contributed by atoms with Crippen LogP contribution in [-0.4, -0.2) is 16.4 Å². The zero-order valence-corrected chi connectivity index (χ0v) is 12.5. The van der Waals surface area contributed by atoms with Crippen molar-refractivity contribution in [2.45, 2.75) is 6.92 Å². The number of aromatic hydroxyl groups is 1. The average Bonchev–Trinajstić information content (AvgIpc) is 3.00. The molecule has 0 unspecified atom stereocenters. The number of hydrogen-bond acceptors (Lipinski definition) is 4. The quantitative estimate of drug-likeness (QED) is 0.727. The molecule has 0 atom stereocenters. The van der Waals surface area contributed by atoms with Crippen LogP contribution in [0.5, 0.6) is 5.75 Å². The van der Waals surface area contributed by atoms with Crippen molar-refractivity contribution >= 4 is 17.6 Å². The minimum atomic E-state index is -0.815. The highest BCUT2D eigenvalue weighted by molar-refractivity contribution is 7.18. The molecule has 0 aliphatic heterocycles. The second-order valence-corrected chi connectivity index (χ2v) is 5.94. The molecule has 3 aromatic rings. The number of rotatable bonds is 3. The lowest BCUT2D eigenvalue weighted by atomic mass is 10.1. The van der Waals surface area contributed by atoms with E-state index in [1.165, 1.54) is 23.5 Å². The molecule has 0 radical (unpaired) electrons. The monoisotopic (exact) mass is 313 g/mol. The van der Waals surface area contributed by atoms with Crippen LogP contribution in [0, 0.1) is 12.7 Å². The summed E-state index contributed by atoms with van der Waals surface area (Å²) >= 11 is 1.40. The van der Waals surface area contributed by atoms with Gasteiger partial charge in [0.05, 0.1) is 10.4 Å². The van der Waals surface area contributed by atoms with E-state index in [0.717, 1.165) is 21.0 Å². The van der Waals surface area contributed by atoms with Gasteiger partial charge >= 0.3 is 0 Å². The molecule has 5 heteroatoms. The number of aldehydes is 1. The summed E-state index contributed by atoms with van der Waals surface area (Å²) in [6, 6.07) is 10.6. The third-order valence-corrected chi connectivity index (χ3v) is 4.40. The number of aryl methyl sites for hydroxylation is 1. The minimum absolute atomic E-state index is 0.0692. The first-order valence-electron chi connectivity index (χ1n) is 6.59. The van der Waals surface area contributed by atoms with E-state index < -0.39 is 11.6 Å². The number of carbonyl (C=O) groups excluding carboxylic acids is 1. The third-order valence-electron chi connectivity index (χ3n) is 3.31. The lowest BCUT2D eigenvalue weighted by Crippen LogP contribution is -1.87. The second-order valence-electron chi connectivity index (χ2n) is 4.91. The van der Waals surface area contributed by atoms with Crippen molar-refractivity contribution in [3.8, 4) is 26.8 Å². The van der Waals surface area contributed by atoms with Crippen molar-refractivity contribution in [2.24, 2.45) is 0 Å². The molecular formula is C17H12FNO2S. The molecular weight excluding hydrogens is 301 g/mol. The van der Waals surface area contributed by atoms with Crippen molar-refractivity contribution in [2.75, 3.05) is 0 Å². The Morgan fingerprint density at radius 3 is 2.59 bits per heavy atom. The summed E-state index contributed by atoms with van der Waals surface area (Å²) in [6.07, 6.45) is 2.07. The predicted octanol–water partition coefficient (Wildman–Crippen LogP) is 4.44. The molecule has 0 aliphatic carbocycles. The molecule has 1 aromatic heterocycles. The first kappa shape index (κ1) is 14.4. The van der Waals surface area contributed by atoms with E-state index in [9.17, 15) is 14.3 Å². The van der Waals surface area contributed by atoms with Gasteiger partial charge in [0.1, 0.15) is 5.01 Å². The molecule has 0 fully saturated rings. The molecule has 22 heavy (non-hydrogen) atoms. The van der Waals surface area contributed by atoms with Gasteiger partial charge in [-0.25, -0.2) is 9.37 Å². The van der Waals surface area contributed by atoms with Crippen LogP contribution < -0.4 is 0 Å². The Morgan fingerprint density at radius 2 is 1.91 bits per heavy atom. The van der Waals surface area contributed by atoms with Gasteiger partial charge in [-0.05, 0) is 24.6 Å². The fourth-order valence-corrected chi connectivity index (χ4v) is 3.00. The van der Waals surface area contributed by atoms with Crippen LogP contribution in [0.3, 0.4) is 0 Å². The fourth-order valence-electron chi connectivity index (χ4n) is 2.09. The van der Waals surface area contributed by atoms with Crippen molar-refractivity contribution in [1.82, 2.24) is 4.98 Å². The van der Waals surface area contributed by atoms with Crippen LogP contribution in [0.15, 0.2) is 42.6 Å². The third kappa shape index (κ3) is 2.63. The molecule has 3 nitrogen and oxygen atoms in total. The summed E-state index contributed by atoms with van der Waals surface area (Å²) in [4.78, 5) is 16.0. The molecule has 110 valence electrons. The van der Waals surface area contributed by atoms with E-state index in [2.05, 4.69) is 4.98 Å². The van der Waals surface area contributed by atoms with E-state index >= 15 is 0 Å². The number of aromatic nitrogens is 1. The summed E-state index contributed by atoms with van der Waals surface area (Å²) in [7, 11) is 0. The molecule has 0 spiro atoms. The Hall–Kier alpha value is -2.53. The molecule has 0 amide bonds. The Morgan fingerprint density at radius 1 is 1.18 bits per heavy atom. The topological polar surface area (TPSA) is 50.2 Å². The molecule has 0 saturated heterocycles. The van der Waals surface area contributed by atoms with Gasteiger partial charge in [-0.1, -0.05) is 29.8 Å². The first-order chi connectivity index (χ1) is 10.6. The molecule has 3 rings (SSSR count). The summed E-state index contributed by atoms with van der Waals surface area (Å²) in [6.45, 7) is 2.01. The maximum Gasteiger partial charge on any atom is 0.166 e. The van der Waals surface area contributed by atoms with Crippen molar-refractivity contribution < 1.29 is 14.3 Å². The number of nitrogens with zero attached hydrogens (tertiary/aromatic N) is 1. The van der Waals surface area contributed by atoms with Crippen LogP contribution in [0.1, 0.15) is 15.9 Å². The SMILES string of the molecule is Cc1ccc(-c2ncc(-c3cc(F)c(O)c(C=O)c3)s2)cc1.